The van der Waals surface area contributed by atoms with Gasteiger partial charge in [-0.25, -0.2) is 4.98 Å². The first kappa shape index (κ1) is 12.3. The standard InChI is InChI=1S/C15H15N3S/c1-18(9-14-10-19-11-17-14)8-13-4-2-3-12-7-16-6-5-15(12)13/h2-7,10-11H,8-9H2,1H3. The van der Waals surface area contributed by atoms with Crippen LogP contribution in [-0.4, -0.2) is 21.9 Å². The number of hydrogen-bond acceptors (Lipinski definition) is 4. The fourth-order valence-electron chi connectivity index (χ4n) is 2.27. The second-order valence-electron chi connectivity index (χ2n) is 4.67. The van der Waals surface area contributed by atoms with Gasteiger partial charge in [-0.05, 0) is 24.1 Å². The lowest BCUT2D eigenvalue weighted by molar-refractivity contribution is 0.317. The molecule has 19 heavy (non-hydrogen) atoms. The molecule has 1 aromatic carbocycles. The fraction of sp³-hybridized carbons (Fsp3) is 0.200. The molecular formula is C15H15N3S. The van der Waals surface area contributed by atoms with Gasteiger partial charge >= 0.3 is 0 Å². The Morgan fingerprint density at radius 3 is 3.00 bits per heavy atom. The maximum absolute atomic E-state index is 4.33. The Kier molecular flexibility index (Phi) is 3.53. The van der Waals surface area contributed by atoms with Crippen molar-refractivity contribution >= 4 is 22.1 Å². The zero-order valence-electron chi connectivity index (χ0n) is 10.8. The Hall–Kier alpha value is -1.78. The lowest BCUT2D eigenvalue weighted by Crippen LogP contribution is -2.17. The second-order valence-corrected chi connectivity index (χ2v) is 5.38. The Labute approximate surface area is 116 Å². The van der Waals surface area contributed by atoms with Crippen molar-refractivity contribution < 1.29 is 0 Å². The summed E-state index contributed by atoms with van der Waals surface area (Å²) in [5.41, 5.74) is 4.35. The molecule has 3 aromatic rings. The van der Waals surface area contributed by atoms with Crippen LogP contribution in [0.15, 0.2) is 47.5 Å². The van der Waals surface area contributed by atoms with Gasteiger partial charge in [0.15, 0.2) is 0 Å². The van der Waals surface area contributed by atoms with Crippen LogP contribution in [0.2, 0.25) is 0 Å². The predicted molar refractivity (Wildman–Crippen MR) is 79.0 cm³/mol. The topological polar surface area (TPSA) is 29.0 Å². The van der Waals surface area contributed by atoms with Crippen molar-refractivity contribution in [3.63, 3.8) is 0 Å². The molecule has 0 N–H and O–H groups in total. The summed E-state index contributed by atoms with van der Waals surface area (Å²) < 4.78 is 0. The van der Waals surface area contributed by atoms with E-state index in [0.717, 1.165) is 18.8 Å². The summed E-state index contributed by atoms with van der Waals surface area (Å²) in [6.07, 6.45) is 3.77. The van der Waals surface area contributed by atoms with Crippen LogP contribution < -0.4 is 0 Å². The number of rotatable bonds is 4. The van der Waals surface area contributed by atoms with Crippen molar-refractivity contribution in [3.05, 3.63) is 58.8 Å². The van der Waals surface area contributed by atoms with Gasteiger partial charge in [-0.3, -0.25) is 9.88 Å². The summed E-state index contributed by atoms with van der Waals surface area (Å²) >= 11 is 1.64. The van der Waals surface area contributed by atoms with Crippen LogP contribution in [0.5, 0.6) is 0 Å². The number of nitrogens with zero attached hydrogens (tertiary/aromatic N) is 3. The molecule has 96 valence electrons. The van der Waals surface area contributed by atoms with Crippen molar-refractivity contribution in [1.29, 1.82) is 0 Å². The lowest BCUT2D eigenvalue weighted by atomic mass is 10.1. The minimum Gasteiger partial charge on any atom is -0.296 e. The van der Waals surface area contributed by atoms with Crippen LogP contribution in [0.3, 0.4) is 0 Å². The smallest absolute Gasteiger partial charge is 0.0795 e. The van der Waals surface area contributed by atoms with Crippen LogP contribution in [0.1, 0.15) is 11.3 Å². The van der Waals surface area contributed by atoms with E-state index in [1.54, 1.807) is 11.3 Å². The second kappa shape index (κ2) is 5.47. The van der Waals surface area contributed by atoms with Crippen LogP contribution in [0.4, 0.5) is 0 Å². The zero-order chi connectivity index (χ0) is 13.1. The molecule has 0 atom stereocenters. The van der Waals surface area contributed by atoms with Gasteiger partial charge in [0.1, 0.15) is 0 Å². The first-order valence-electron chi connectivity index (χ1n) is 6.20. The molecule has 0 amide bonds. The summed E-state index contributed by atoms with van der Waals surface area (Å²) in [4.78, 5) is 10.8. The molecule has 0 spiro atoms. The van der Waals surface area contributed by atoms with Crippen molar-refractivity contribution in [1.82, 2.24) is 14.9 Å². The summed E-state index contributed by atoms with van der Waals surface area (Å²) in [6, 6.07) is 8.46. The maximum Gasteiger partial charge on any atom is 0.0795 e. The summed E-state index contributed by atoms with van der Waals surface area (Å²) in [5.74, 6) is 0. The van der Waals surface area contributed by atoms with Crippen molar-refractivity contribution in [2.75, 3.05) is 7.05 Å². The molecular weight excluding hydrogens is 254 g/mol. The number of hydrogen-bond donors (Lipinski definition) is 0. The van der Waals surface area contributed by atoms with Crippen LogP contribution in [0.25, 0.3) is 10.8 Å². The zero-order valence-corrected chi connectivity index (χ0v) is 11.6. The number of benzene rings is 1. The van der Waals surface area contributed by atoms with Crippen LogP contribution >= 0.6 is 11.3 Å². The molecule has 0 saturated carbocycles. The van der Waals surface area contributed by atoms with E-state index in [1.807, 2.05) is 17.9 Å². The molecule has 4 heteroatoms. The third kappa shape index (κ3) is 2.80. The van der Waals surface area contributed by atoms with Gasteiger partial charge < -0.3 is 0 Å². The maximum atomic E-state index is 4.33. The Bertz CT molecular complexity index is 659. The predicted octanol–water partition coefficient (Wildman–Crippen LogP) is 3.32. The number of thiazole rings is 1. The summed E-state index contributed by atoms with van der Waals surface area (Å²) in [7, 11) is 2.12. The number of fused-ring (bicyclic) bond motifs is 1. The molecule has 3 nitrogen and oxygen atoms in total. The van der Waals surface area contributed by atoms with Gasteiger partial charge in [-0.2, -0.15) is 0 Å². The van der Waals surface area contributed by atoms with Crippen molar-refractivity contribution in [2.24, 2.45) is 0 Å². The Morgan fingerprint density at radius 2 is 2.16 bits per heavy atom. The van der Waals surface area contributed by atoms with Gasteiger partial charge in [-0.1, -0.05) is 18.2 Å². The van der Waals surface area contributed by atoms with E-state index < -0.39 is 0 Å². The number of aromatic nitrogens is 2. The highest BCUT2D eigenvalue weighted by molar-refractivity contribution is 7.07. The molecule has 3 rings (SSSR count). The van der Waals surface area contributed by atoms with E-state index in [-0.39, 0.29) is 0 Å². The Morgan fingerprint density at radius 1 is 1.21 bits per heavy atom. The largest absolute Gasteiger partial charge is 0.296 e. The first-order chi connectivity index (χ1) is 9.33. The van der Waals surface area contributed by atoms with Crippen molar-refractivity contribution in [3.8, 4) is 0 Å². The fourth-order valence-corrected chi connectivity index (χ4v) is 2.82. The van der Waals surface area contributed by atoms with E-state index in [4.69, 9.17) is 0 Å². The van der Waals surface area contributed by atoms with Crippen LogP contribution in [-0.2, 0) is 13.1 Å². The first-order valence-corrected chi connectivity index (χ1v) is 7.14. The third-order valence-electron chi connectivity index (χ3n) is 3.13. The van der Waals surface area contributed by atoms with E-state index >= 15 is 0 Å². The summed E-state index contributed by atoms with van der Waals surface area (Å²) in [5, 5.41) is 4.58. The average molecular weight is 269 g/mol. The molecule has 0 aliphatic heterocycles. The normalized spacial score (nSPS) is 11.3. The van der Waals surface area contributed by atoms with E-state index in [1.165, 1.54) is 16.3 Å². The van der Waals surface area contributed by atoms with E-state index in [9.17, 15) is 0 Å². The quantitative estimate of drug-likeness (QED) is 0.727. The highest BCUT2D eigenvalue weighted by Crippen LogP contribution is 2.19. The molecule has 0 fully saturated rings. The van der Waals surface area contributed by atoms with Gasteiger partial charge in [0, 0.05) is 36.2 Å². The number of pyridine rings is 1. The average Bonchev–Trinajstić information content (AvgIpc) is 2.92. The van der Waals surface area contributed by atoms with E-state index in [2.05, 4.69) is 51.6 Å². The van der Waals surface area contributed by atoms with Gasteiger partial charge in [0.25, 0.3) is 0 Å². The highest BCUT2D eigenvalue weighted by Gasteiger charge is 2.06. The van der Waals surface area contributed by atoms with E-state index in [0.29, 0.717) is 0 Å². The minimum atomic E-state index is 0.880. The SMILES string of the molecule is CN(Cc1cscn1)Cc1cccc2cnccc12. The van der Waals surface area contributed by atoms with Gasteiger partial charge in [0.2, 0.25) is 0 Å². The summed E-state index contributed by atoms with van der Waals surface area (Å²) in [6.45, 7) is 1.80. The molecule has 2 aromatic heterocycles. The molecule has 0 unspecified atom stereocenters. The van der Waals surface area contributed by atoms with Crippen LogP contribution in [0, 0.1) is 0 Å². The monoisotopic (exact) mass is 269 g/mol. The van der Waals surface area contributed by atoms with Gasteiger partial charge in [-0.15, -0.1) is 11.3 Å². The molecule has 0 aliphatic rings. The molecule has 0 aliphatic carbocycles. The van der Waals surface area contributed by atoms with Crippen molar-refractivity contribution in [2.45, 2.75) is 13.1 Å². The van der Waals surface area contributed by atoms with Gasteiger partial charge in [0.05, 0.1) is 11.2 Å². The highest BCUT2D eigenvalue weighted by atomic mass is 32.1. The molecule has 2 heterocycles. The lowest BCUT2D eigenvalue weighted by Gasteiger charge is -2.16. The molecule has 0 saturated heterocycles. The third-order valence-corrected chi connectivity index (χ3v) is 3.76. The molecule has 0 bridgehead atoms. The molecule has 0 radical (unpaired) electrons. The minimum absolute atomic E-state index is 0.880. The Balaban J connectivity index is 1.81.